The summed E-state index contributed by atoms with van der Waals surface area (Å²) in [5, 5.41) is 6.02. The average Bonchev–Trinajstić information content (AvgIpc) is 3.30. The maximum absolute atomic E-state index is 13.7. The standard InChI is InChI=1S/C17H14ClF3N6O2/c1-25-2-3-26(8-12(25)28)16(29)13-14(18)27-7-9(10-5-22-23-6-10)4-11(15(27)24-13)17(19,20)21/h4-7H,2-3,8H2,1H3,(H,22,23). The van der Waals surface area contributed by atoms with E-state index in [4.69, 9.17) is 11.6 Å². The number of pyridine rings is 1. The van der Waals surface area contributed by atoms with Gasteiger partial charge in [0, 0.05) is 43.7 Å². The van der Waals surface area contributed by atoms with E-state index in [1.807, 2.05) is 0 Å². The van der Waals surface area contributed by atoms with E-state index in [-0.39, 0.29) is 35.4 Å². The van der Waals surface area contributed by atoms with Crippen molar-refractivity contribution in [2.45, 2.75) is 6.18 Å². The van der Waals surface area contributed by atoms with Crippen LogP contribution in [-0.4, -0.2) is 67.9 Å². The highest BCUT2D eigenvalue weighted by Crippen LogP contribution is 2.37. The highest BCUT2D eigenvalue weighted by molar-refractivity contribution is 6.33. The third-order valence-electron chi connectivity index (χ3n) is 4.75. The molecule has 4 heterocycles. The van der Waals surface area contributed by atoms with Crippen LogP contribution in [0.15, 0.2) is 24.7 Å². The van der Waals surface area contributed by atoms with Crippen LogP contribution in [0.5, 0.6) is 0 Å². The van der Waals surface area contributed by atoms with Crippen molar-refractivity contribution >= 4 is 29.1 Å². The Hall–Kier alpha value is -3.08. The molecule has 152 valence electrons. The number of hydrogen-bond acceptors (Lipinski definition) is 4. The maximum atomic E-state index is 13.7. The topological polar surface area (TPSA) is 86.6 Å². The van der Waals surface area contributed by atoms with Crippen LogP contribution in [0.1, 0.15) is 16.1 Å². The van der Waals surface area contributed by atoms with Gasteiger partial charge in [-0.1, -0.05) is 11.6 Å². The summed E-state index contributed by atoms with van der Waals surface area (Å²) in [4.78, 5) is 31.3. The first-order valence-corrected chi connectivity index (χ1v) is 8.86. The zero-order valence-electron chi connectivity index (χ0n) is 15.0. The number of alkyl halides is 3. The van der Waals surface area contributed by atoms with E-state index in [0.717, 1.165) is 10.5 Å². The molecule has 4 rings (SSSR count). The second-order valence-electron chi connectivity index (χ2n) is 6.61. The minimum Gasteiger partial charge on any atom is -0.342 e. The van der Waals surface area contributed by atoms with Crippen molar-refractivity contribution in [1.82, 2.24) is 29.4 Å². The fourth-order valence-corrected chi connectivity index (χ4v) is 3.36. The summed E-state index contributed by atoms with van der Waals surface area (Å²) in [7, 11) is 1.61. The molecule has 1 aliphatic rings. The SMILES string of the molecule is CN1CCN(C(=O)c2nc3c(C(F)(F)F)cc(-c4cn[nH]c4)cn3c2Cl)CC1=O. The molecule has 0 bridgehead atoms. The number of H-pyrrole nitrogens is 1. The second kappa shape index (κ2) is 6.76. The Balaban J connectivity index is 1.84. The number of hydrogen-bond donors (Lipinski definition) is 1. The molecular formula is C17H14ClF3N6O2. The summed E-state index contributed by atoms with van der Waals surface area (Å²) in [6.07, 6.45) is -0.557. The number of fused-ring (bicyclic) bond motifs is 1. The Morgan fingerprint density at radius 3 is 2.66 bits per heavy atom. The molecule has 1 aliphatic heterocycles. The minimum atomic E-state index is -4.72. The molecule has 12 heteroatoms. The molecule has 2 amide bonds. The molecule has 8 nitrogen and oxygen atoms in total. The molecule has 0 unspecified atom stereocenters. The number of likely N-dealkylation sites (N-methyl/N-ethyl adjacent to an activating group) is 1. The van der Waals surface area contributed by atoms with Crippen molar-refractivity contribution in [1.29, 1.82) is 0 Å². The molecule has 0 spiro atoms. The first kappa shape index (κ1) is 19.2. The van der Waals surface area contributed by atoms with E-state index in [1.165, 1.54) is 28.4 Å². The third kappa shape index (κ3) is 3.31. The molecule has 29 heavy (non-hydrogen) atoms. The number of nitrogens with one attached hydrogen (secondary N) is 1. The van der Waals surface area contributed by atoms with Gasteiger partial charge >= 0.3 is 6.18 Å². The highest BCUT2D eigenvalue weighted by Gasteiger charge is 2.37. The van der Waals surface area contributed by atoms with Gasteiger partial charge in [-0.3, -0.25) is 19.1 Å². The predicted octanol–water partition coefficient (Wildman–Crippen LogP) is 2.31. The molecule has 0 atom stereocenters. The van der Waals surface area contributed by atoms with Crippen LogP contribution < -0.4 is 0 Å². The fourth-order valence-electron chi connectivity index (χ4n) is 3.11. The van der Waals surface area contributed by atoms with Gasteiger partial charge in [-0.2, -0.15) is 18.3 Å². The largest absolute Gasteiger partial charge is 0.420 e. The van der Waals surface area contributed by atoms with Gasteiger partial charge < -0.3 is 9.80 Å². The Bertz CT molecular complexity index is 1110. The summed E-state index contributed by atoms with van der Waals surface area (Å²) < 4.78 is 42.0. The summed E-state index contributed by atoms with van der Waals surface area (Å²) in [5.41, 5.74) is -1.24. The Labute approximate surface area is 166 Å². The van der Waals surface area contributed by atoms with Crippen LogP contribution in [0.3, 0.4) is 0 Å². The number of halogens is 4. The molecule has 1 N–H and O–H groups in total. The quantitative estimate of drug-likeness (QED) is 0.681. The number of piperazine rings is 1. The van der Waals surface area contributed by atoms with Crippen molar-refractivity contribution in [3.63, 3.8) is 0 Å². The second-order valence-corrected chi connectivity index (χ2v) is 6.97. The number of aromatic nitrogens is 4. The number of aromatic amines is 1. The van der Waals surface area contributed by atoms with Crippen molar-refractivity contribution in [2.24, 2.45) is 0 Å². The van der Waals surface area contributed by atoms with E-state index in [1.54, 1.807) is 7.05 Å². The van der Waals surface area contributed by atoms with Gasteiger partial charge in [0.25, 0.3) is 5.91 Å². The summed E-state index contributed by atoms with van der Waals surface area (Å²) in [5.74, 6) is -0.971. The van der Waals surface area contributed by atoms with Crippen LogP contribution in [0.4, 0.5) is 13.2 Å². The minimum absolute atomic E-state index is 0.189. The molecule has 1 fully saturated rings. The number of carbonyl (C=O) groups is 2. The first-order chi connectivity index (χ1) is 13.7. The lowest BCUT2D eigenvalue weighted by atomic mass is 10.1. The zero-order chi connectivity index (χ0) is 20.9. The average molecular weight is 427 g/mol. The molecule has 0 radical (unpaired) electrons. The molecule has 3 aromatic rings. The third-order valence-corrected chi connectivity index (χ3v) is 5.11. The van der Waals surface area contributed by atoms with Crippen LogP contribution in [0, 0.1) is 0 Å². The maximum Gasteiger partial charge on any atom is 0.420 e. The molecule has 0 aromatic carbocycles. The number of amides is 2. The van der Waals surface area contributed by atoms with Crippen molar-refractivity contribution < 1.29 is 22.8 Å². The lowest BCUT2D eigenvalue weighted by Crippen LogP contribution is -2.50. The molecule has 1 saturated heterocycles. The van der Waals surface area contributed by atoms with Crippen LogP contribution in [0.2, 0.25) is 5.15 Å². The molecule has 0 aliphatic carbocycles. The fraction of sp³-hybridized carbons (Fsp3) is 0.294. The summed E-state index contributed by atoms with van der Waals surface area (Å²) in [6, 6.07) is 0.928. The van der Waals surface area contributed by atoms with Gasteiger partial charge in [0.1, 0.15) is 11.7 Å². The molecular weight excluding hydrogens is 413 g/mol. The van der Waals surface area contributed by atoms with Crippen molar-refractivity contribution in [2.75, 3.05) is 26.7 Å². The first-order valence-electron chi connectivity index (χ1n) is 8.48. The van der Waals surface area contributed by atoms with E-state index >= 15 is 0 Å². The highest BCUT2D eigenvalue weighted by atomic mass is 35.5. The molecule has 3 aromatic heterocycles. The van der Waals surface area contributed by atoms with Gasteiger partial charge in [-0.05, 0) is 6.07 Å². The van der Waals surface area contributed by atoms with Crippen LogP contribution >= 0.6 is 11.6 Å². The lowest BCUT2D eigenvalue weighted by molar-refractivity contribution is -0.136. The van der Waals surface area contributed by atoms with Crippen LogP contribution in [-0.2, 0) is 11.0 Å². The van der Waals surface area contributed by atoms with Crippen LogP contribution in [0.25, 0.3) is 16.8 Å². The van der Waals surface area contributed by atoms with E-state index < -0.39 is 23.3 Å². The van der Waals surface area contributed by atoms with Gasteiger partial charge in [0.05, 0.1) is 11.8 Å². The van der Waals surface area contributed by atoms with Crippen molar-refractivity contribution in [3.8, 4) is 11.1 Å². The molecule has 0 saturated carbocycles. The number of nitrogens with zero attached hydrogens (tertiary/aromatic N) is 5. The monoisotopic (exact) mass is 426 g/mol. The smallest absolute Gasteiger partial charge is 0.342 e. The normalized spacial score (nSPS) is 15.4. The zero-order valence-corrected chi connectivity index (χ0v) is 15.8. The number of carbonyl (C=O) groups excluding carboxylic acids is 2. The Morgan fingerprint density at radius 2 is 2.03 bits per heavy atom. The summed E-state index contributed by atoms with van der Waals surface area (Å²) >= 11 is 6.26. The summed E-state index contributed by atoms with van der Waals surface area (Å²) in [6.45, 7) is 0.359. The number of rotatable bonds is 2. The van der Waals surface area contributed by atoms with E-state index in [9.17, 15) is 22.8 Å². The van der Waals surface area contributed by atoms with Gasteiger partial charge in [0.15, 0.2) is 11.3 Å². The van der Waals surface area contributed by atoms with E-state index in [0.29, 0.717) is 12.1 Å². The predicted molar refractivity (Wildman–Crippen MR) is 96.3 cm³/mol. The van der Waals surface area contributed by atoms with Gasteiger partial charge in [0.2, 0.25) is 5.91 Å². The van der Waals surface area contributed by atoms with Gasteiger partial charge in [-0.15, -0.1) is 0 Å². The van der Waals surface area contributed by atoms with Gasteiger partial charge in [-0.25, -0.2) is 4.98 Å². The van der Waals surface area contributed by atoms with E-state index in [2.05, 4.69) is 15.2 Å². The Kier molecular flexibility index (Phi) is 4.49. The lowest BCUT2D eigenvalue weighted by Gasteiger charge is -2.31. The van der Waals surface area contributed by atoms with Crippen molar-refractivity contribution in [3.05, 3.63) is 41.1 Å². The Morgan fingerprint density at radius 1 is 1.28 bits per heavy atom. The number of imidazole rings is 1.